The van der Waals surface area contributed by atoms with Crippen LogP contribution in [0.1, 0.15) is 41.5 Å². The summed E-state index contributed by atoms with van der Waals surface area (Å²) in [7, 11) is -1.60. The molecule has 2 heterocycles. The van der Waals surface area contributed by atoms with Crippen LogP contribution in [0.3, 0.4) is 0 Å². The van der Waals surface area contributed by atoms with Crippen LogP contribution in [0.2, 0.25) is 5.04 Å². The number of methoxy groups -OCH3 is 1. The van der Waals surface area contributed by atoms with Crippen molar-refractivity contribution in [2.24, 2.45) is 0 Å². The summed E-state index contributed by atoms with van der Waals surface area (Å²) in [4.78, 5) is 35.7. The number of hydrogen-bond acceptors (Lipinski definition) is 12. The molecular weight excluding hydrogens is 616 g/mol. The Labute approximate surface area is 270 Å². The first-order valence-corrected chi connectivity index (χ1v) is 17.1. The molecule has 2 aliphatic rings. The van der Waals surface area contributed by atoms with E-state index in [0.717, 1.165) is 10.4 Å². The average molecular weight is 661 g/mol. The van der Waals surface area contributed by atoms with Gasteiger partial charge in [-0.15, -0.1) is 0 Å². The normalized spacial score (nSPS) is 28.1. The Balaban J connectivity index is 1.67. The van der Waals surface area contributed by atoms with Crippen molar-refractivity contribution in [3.05, 3.63) is 60.7 Å². The first kappa shape index (κ1) is 35.7. The van der Waals surface area contributed by atoms with Gasteiger partial charge in [-0.3, -0.25) is 14.4 Å². The minimum absolute atomic E-state index is 0.00404. The lowest BCUT2D eigenvalue weighted by molar-refractivity contribution is -0.224. The zero-order chi connectivity index (χ0) is 33.6. The summed E-state index contributed by atoms with van der Waals surface area (Å²) in [5.74, 6) is -1.92. The van der Waals surface area contributed by atoms with E-state index in [0.29, 0.717) is 0 Å². The van der Waals surface area contributed by atoms with E-state index < -0.39 is 75.4 Å². The van der Waals surface area contributed by atoms with E-state index in [2.05, 4.69) is 45.0 Å². The van der Waals surface area contributed by atoms with Gasteiger partial charge >= 0.3 is 17.9 Å². The van der Waals surface area contributed by atoms with Gasteiger partial charge in [-0.05, 0) is 15.4 Å². The van der Waals surface area contributed by atoms with Gasteiger partial charge in [-0.2, -0.15) is 0 Å². The molecule has 252 valence electrons. The Morgan fingerprint density at radius 2 is 1.26 bits per heavy atom. The molecule has 1 N–H and O–H groups in total. The van der Waals surface area contributed by atoms with Gasteiger partial charge in [-0.25, -0.2) is 0 Å². The summed E-state index contributed by atoms with van der Waals surface area (Å²) in [5, 5.41) is 12.7. The Hall–Kier alpha value is -3.17. The van der Waals surface area contributed by atoms with Crippen LogP contribution in [-0.2, 0) is 52.0 Å². The smallest absolute Gasteiger partial charge is 0.303 e. The highest BCUT2D eigenvalue weighted by molar-refractivity contribution is 6.99. The van der Waals surface area contributed by atoms with E-state index in [4.69, 9.17) is 37.6 Å². The topological polar surface area (TPSA) is 145 Å². The van der Waals surface area contributed by atoms with Crippen LogP contribution in [0.15, 0.2) is 60.7 Å². The number of esters is 3. The molecule has 0 saturated carbocycles. The van der Waals surface area contributed by atoms with Gasteiger partial charge in [0.25, 0.3) is 8.32 Å². The molecule has 0 spiro atoms. The van der Waals surface area contributed by atoms with Crippen molar-refractivity contribution in [3.63, 3.8) is 0 Å². The summed E-state index contributed by atoms with van der Waals surface area (Å²) >= 11 is 0. The molecular formula is C33H44O12Si. The zero-order valence-corrected chi connectivity index (χ0v) is 28.2. The van der Waals surface area contributed by atoms with Crippen molar-refractivity contribution < 1.29 is 57.1 Å². The highest BCUT2D eigenvalue weighted by Gasteiger charge is 2.56. The molecule has 2 aliphatic heterocycles. The molecule has 2 aromatic carbocycles. The van der Waals surface area contributed by atoms with Crippen molar-refractivity contribution in [1.29, 1.82) is 0 Å². The first-order chi connectivity index (χ1) is 21.8. The van der Waals surface area contributed by atoms with Crippen molar-refractivity contribution >= 4 is 36.6 Å². The van der Waals surface area contributed by atoms with Gasteiger partial charge in [0.15, 0.2) is 24.8 Å². The molecule has 46 heavy (non-hydrogen) atoms. The second-order valence-electron chi connectivity index (χ2n) is 12.3. The molecule has 0 aliphatic carbocycles. The third kappa shape index (κ3) is 7.85. The van der Waals surface area contributed by atoms with E-state index in [1.165, 1.54) is 27.9 Å². The van der Waals surface area contributed by atoms with Gasteiger partial charge in [0.05, 0.1) is 6.61 Å². The third-order valence-electron chi connectivity index (χ3n) is 8.05. The Morgan fingerprint density at radius 3 is 1.74 bits per heavy atom. The third-order valence-corrected chi connectivity index (χ3v) is 13.1. The number of aliphatic hydroxyl groups excluding tert-OH is 1. The lowest BCUT2D eigenvalue weighted by atomic mass is 10.1. The molecule has 12 nitrogen and oxygen atoms in total. The van der Waals surface area contributed by atoms with Crippen LogP contribution in [0.4, 0.5) is 0 Å². The lowest BCUT2D eigenvalue weighted by Crippen LogP contribution is -2.67. The second kappa shape index (κ2) is 15.2. The van der Waals surface area contributed by atoms with Crippen molar-refractivity contribution in [2.75, 3.05) is 20.3 Å². The van der Waals surface area contributed by atoms with Gasteiger partial charge in [-0.1, -0.05) is 81.4 Å². The van der Waals surface area contributed by atoms with Crippen LogP contribution in [0.5, 0.6) is 0 Å². The standard InChI is InChI=1S/C33H44O12Si/c1-20(34)39-18-25-28(41-21(2)35)30(42-22(3)36)32(44-25)45-27-26(43-31(37)29(27)38-7)19-40-46(33(4,5)6,23-14-10-8-11-15-23)24-16-12-9-13-17-24/h8-17,25-32,37H,18-19H2,1-7H3/t25-,26+,27-,28-,29-,30+,31-,32-/m0/s1. The van der Waals surface area contributed by atoms with Gasteiger partial charge in [0, 0.05) is 27.9 Å². The molecule has 2 fully saturated rings. The van der Waals surface area contributed by atoms with Crippen LogP contribution in [0.25, 0.3) is 0 Å². The summed E-state index contributed by atoms with van der Waals surface area (Å²) < 4.78 is 47.1. The second-order valence-corrected chi connectivity index (χ2v) is 16.6. The van der Waals surface area contributed by atoms with Crippen LogP contribution in [-0.4, -0.2) is 101 Å². The highest BCUT2D eigenvalue weighted by Crippen LogP contribution is 2.39. The minimum atomic E-state index is -3.01. The fourth-order valence-electron chi connectivity index (χ4n) is 6.17. The number of carbonyl (C=O) groups excluding carboxylic acids is 3. The molecule has 2 aromatic rings. The van der Waals surface area contributed by atoms with Crippen molar-refractivity contribution in [2.45, 2.75) is 95.8 Å². The number of benzene rings is 2. The summed E-state index contributed by atoms with van der Waals surface area (Å²) in [6, 6.07) is 20.1. The molecule has 8 atom stereocenters. The monoisotopic (exact) mass is 660 g/mol. The van der Waals surface area contributed by atoms with E-state index >= 15 is 0 Å². The fourth-order valence-corrected chi connectivity index (χ4v) is 10.7. The molecule has 13 heteroatoms. The predicted octanol–water partition coefficient (Wildman–Crippen LogP) is 1.83. The lowest BCUT2D eigenvalue weighted by Gasteiger charge is -2.43. The van der Waals surface area contributed by atoms with Gasteiger partial charge < -0.3 is 42.7 Å². The van der Waals surface area contributed by atoms with Crippen LogP contribution >= 0.6 is 0 Å². The Kier molecular flexibility index (Phi) is 11.8. The number of hydrogen-bond donors (Lipinski definition) is 1. The van der Waals surface area contributed by atoms with Crippen molar-refractivity contribution in [1.82, 2.24) is 0 Å². The maximum atomic E-state index is 12.1. The largest absolute Gasteiger partial charge is 0.463 e. The Morgan fingerprint density at radius 1 is 0.739 bits per heavy atom. The summed E-state index contributed by atoms with van der Waals surface area (Å²) in [6.45, 7) is 9.76. The summed E-state index contributed by atoms with van der Waals surface area (Å²) in [5.41, 5.74) is 0. The number of rotatable bonds is 12. The molecule has 0 unspecified atom stereocenters. The summed E-state index contributed by atoms with van der Waals surface area (Å²) in [6.07, 6.45) is -8.88. The van der Waals surface area contributed by atoms with Crippen molar-refractivity contribution in [3.8, 4) is 0 Å². The van der Waals surface area contributed by atoms with E-state index in [1.807, 2.05) is 36.4 Å². The molecule has 4 rings (SSSR count). The predicted molar refractivity (Wildman–Crippen MR) is 167 cm³/mol. The molecule has 0 bridgehead atoms. The zero-order valence-electron chi connectivity index (χ0n) is 27.2. The fraction of sp³-hybridized carbons (Fsp3) is 0.545. The maximum Gasteiger partial charge on any atom is 0.303 e. The minimum Gasteiger partial charge on any atom is -0.463 e. The van der Waals surface area contributed by atoms with Gasteiger partial charge in [0.2, 0.25) is 0 Å². The number of ether oxygens (including phenoxy) is 7. The number of aliphatic hydroxyl groups is 1. The SMILES string of the molecule is CO[C@H]1[C@@H](O[C@@H]2O[C@@H](COC(C)=O)[C@H](OC(C)=O)[C@H]2OC(C)=O)[C@@H](CO[Si](c2ccccc2)(c2ccccc2)C(C)(C)C)O[C@@H]1O. The quantitative estimate of drug-likeness (QED) is 0.201. The Bertz CT molecular complexity index is 1280. The maximum absolute atomic E-state index is 12.1. The van der Waals surface area contributed by atoms with E-state index in [-0.39, 0.29) is 18.3 Å². The molecule has 0 radical (unpaired) electrons. The molecule has 0 amide bonds. The molecule has 0 aromatic heterocycles. The van der Waals surface area contributed by atoms with E-state index in [9.17, 15) is 19.5 Å². The first-order valence-electron chi connectivity index (χ1n) is 15.2. The highest BCUT2D eigenvalue weighted by atomic mass is 28.4. The van der Waals surface area contributed by atoms with Crippen LogP contribution in [0, 0.1) is 0 Å². The van der Waals surface area contributed by atoms with E-state index in [1.54, 1.807) is 0 Å². The average Bonchev–Trinajstić information content (AvgIpc) is 3.46. The number of carbonyl (C=O) groups is 3. The molecule has 2 saturated heterocycles. The van der Waals surface area contributed by atoms with Crippen LogP contribution < -0.4 is 10.4 Å². The van der Waals surface area contributed by atoms with Gasteiger partial charge in [0.1, 0.15) is 31.0 Å².